The molecule has 0 aliphatic carbocycles. The number of hydrogen-bond donors (Lipinski definition) is 3. The van der Waals surface area contributed by atoms with Crippen LogP contribution in [0.5, 0.6) is 0 Å². The van der Waals surface area contributed by atoms with Crippen LogP contribution in [0.15, 0.2) is 33.9 Å². The second-order valence-corrected chi connectivity index (χ2v) is 7.12. The summed E-state index contributed by atoms with van der Waals surface area (Å²) in [7, 11) is 0. The molecule has 0 saturated carbocycles. The van der Waals surface area contributed by atoms with E-state index in [0.717, 1.165) is 16.7 Å². The predicted octanol–water partition coefficient (Wildman–Crippen LogP) is 1.47. The lowest BCUT2D eigenvalue weighted by Gasteiger charge is -2.30. The van der Waals surface area contributed by atoms with Crippen molar-refractivity contribution >= 4 is 17.6 Å². The number of amides is 2. The maximum atomic E-state index is 14.2. The van der Waals surface area contributed by atoms with Crippen LogP contribution in [0, 0.1) is 11.7 Å². The summed E-state index contributed by atoms with van der Waals surface area (Å²) < 4.78 is 57.3. The Bertz CT molecular complexity index is 1150. The van der Waals surface area contributed by atoms with Crippen LogP contribution in [0.1, 0.15) is 29.8 Å². The van der Waals surface area contributed by atoms with E-state index in [9.17, 15) is 36.7 Å². The van der Waals surface area contributed by atoms with Gasteiger partial charge in [0.25, 0.3) is 22.9 Å². The monoisotopic (exact) mass is 428 g/mol. The van der Waals surface area contributed by atoms with Gasteiger partial charge in [0.1, 0.15) is 17.2 Å². The minimum absolute atomic E-state index is 0.118. The maximum absolute atomic E-state index is 14.2. The van der Waals surface area contributed by atoms with Crippen LogP contribution in [0.2, 0.25) is 0 Å². The molecule has 3 N–H and O–H groups in total. The van der Waals surface area contributed by atoms with E-state index in [-0.39, 0.29) is 12.5 Å². The molecule has 30 heavy (non-hydrogen) atoms. The van der Waals surface area contributed by atoms with Gasteiger partial charge in [0, 0.05) is 6.54 Å². The third-order valence-electron chi connectivity index (χ3n) is 4.54. The van der Waals surface area contributed by atoms with Crippen LogP contribution in [0.25, 0.3) is 0 Å². The first-order valence-corrected chi connectivity index (χ1v) is 8.73. The molecule has 3 rings (SSSR count). The van der Waals surface area contributed by atoms with Gasteiger partial charge in [-0.15, -0.1) is 0 Å². The number of carbonyl (C=O) groups excluding carboxylic acids is 2. The molecule has 0 saturated heterocycles. The van der Waals surface area contributed by atoms with Gasteiger partial charge in [-0.2, -0.15) is 13.2 Å². The highest BCUT2D eigenvalue weighted by Gasteiger charge is 2.68. The van der Waals surface area contributed by atoms with E-state index in [1.165, 1.54) is 17.4 Å². The molecule has 0 spiro atoms. The van der Waals surface area contributed by atoms with Crippen molar-refractivity contribution < 1.29 is 27.2 Å². The first-order chi connectivity index (χ1) is 13.9. The van der Waals surface area contributed by atoms with Gasteiger partial charge in [-0.05, 0) is 18.1 Å². The second-order valence-electron chi connectivity index (χ2n) is 7.12. The number of aromatic nitrogens is 2. The Kier molecular flexibility index (Phi) is 5.04. The third-order valence-corrected chi connectivity index (χ3v) is 4.54. The van der Waals surface area contributed by atoms with E-state index in [4.69, 9.17) is 0 Å². The van der Waals surface area contributed by atoms with Crippen molar-refractivity contribution in [3.8, 4) is 0 Å². The first-order valence-electron chi connectivity index (χ1n) is 8.73. The summed E-state index contributed by atoms with van der Waals surface area (Å²) in [6.07, 6.45) is -5.49. The standard InChI is InChI=1S/C18H16F4N4O4/c1-8(2)7-26-12-11(14(28)24-16(26)30)17(15(29)23-12,18(20,21)22)25-13(27)9-5-3-4-6-10(9)19/h3-6,8H,7H2,1-2H3,(H,23,29)(H,25,27)(H,24,28,30)/t17-/m0/s1. The Morgan fingerprint density at radius 3 is 2.40 bits per heavy atom. The van der Waals surface area contributed by atoms with Gasteiger partial charge in [-0.3, -0.25) is 23.9 Å². The highest BCUT2D eigenvalue weighted by atomic mass is 19.4. The fraction of sp³-hybridized carbons (Fsp3) is 0.333. The third kappa shape index (κ3) is 3.17. The minimum Gasteiger partial charge on any atom is -0.326 e. The number of halogens is 4. The quantitative estimate of drug-likeness (QED) is 0.640. The van der Waals surface area contributed by atoms with Crippen molar-refractivity contribution in [1.82, 2.24) is 14.9 Å². The summed E-state index contributed by atoms with van der Waals surface area (Å²) in [6, 6.07) is 4.21. The summed E-state index contributed by atoms with van der Waals surface area (Å²) in [5, 5.41) is 3.38. The van der Waals surface area contributed by atoms with Gasteiger partial charge < -0.3 is 10.6 Å². The maximum Gasteiger partial charge on any atom is 0.425 e. The Morgan fingerprint density at radius 2 is 1.83 bits per heavy atom. The fourth-order valence-corrected chi connectivity index (χ4v) is 3.25. The molecule has 2 aromatic rings. The van der Waals surface area contributed by atoms with Gasteiger partial charge >= 0.3 is 11.9 Å². The number of anilines is 1. The second kappa shape index (κ2) is 7.11. The SMILES string of the molecule is CC(C)Cn1c2c(c(=O)[nH]c1=O)[C@@](NC(=O)c1ccccc1F)(C(F)(F)F)C(=O)N2. The van der Waals surface area contributed by atoms with Gasteiger partial charge in [0.15, 0.2) is 0 Å². The number of alkyl halides is 3. The van der Waals surface area contributed by atoms with Crippen LogP contribution < -0.4 is 21.9 Å². The zero-order valence-electron chi connectivity index (χ0n) is 15.7. The van der Waals surface area contributed by atoms with E-state index < -0.39 is 57.5 Å². The topological polar surface area (TPSA) is 113 Å². The molecular weight excluding hydrogens is 412 g/mol. The molecule has 160 valence electrons. The molecule has 1 aromatic heterocycles. The van der Waals surface area contributed by atoms with Crippen molar-refractivity contribution in [3.63, 3.8) is 0 Å². The molecule has 12 heteroatoms. The van der Waals surface area contributed by atoms with E-state index >= 15 is 0 Å². The first kappa shape index (κ1) is 21.3. The van der Waals surface area contributed by atoms with Crippen molar-refractivity contribution in [1.29, 1.82) is 0 Å². The van der Waals surface area contributed by atoms with Crippen molar-refractivity contribution in [2.24, 2.45) is 5.92 Å². The minimum atomic E-state index is -5.49. The van der Waals surface area contributed by atoms with E-state index in [2.05, 4.69) is 0 Å². The number of hydrogen-bond acceptors (Lipinski definition) is 4. The lowest BCUT2D eigenvalue weighted by molar-refractivity contribution is -0.196. The van der Waals surface area contributed by atoms with Crippen molar-refractivity contribution in [2.75, 3.05) is 5.32 Å². The number of carbonyl (C=O) groups is 2. The fourth-order valence-electron chi connectivity index (χ4n) is 3.25. The van der Waals surface area contributed by atoms with Crippen molar-refractivity contribution in [3.05, 3.63) is 62.0 Å². The van der Waals surface area contributed by atoms with Crippen LogP contribution in [0.4, 0.5) is 23.4 Å². The van der Waals surface area contributed by atoms with E-state index in [1.807, 2.05) is 5.32 Å². The van der Waals surface area contributed by atoms with Gasteiger partial charge in [0.2, 0.25) is 0 Å². The average Bonchev–Trinajstić information content (AvgIpc) is 2.92. The zero-order valence-corrected chi connectivity index (χ0v) is 15.7. The lowest BCUT2D eigenvalue weighted by atomic mass is 9.91. The number of nitrogens with zero attached hydrogens (tertiary/aromatic N) is 1. The number of H-pyrrole nitrogens is 1. The molecular formula is C18H16F4N4O4. The van der Waals surface area contributed by atoms with Crippen LogP contribution in [0.3, 0.4) is 0 Å². The highest BCUT2D eigenvalue weighted by Crippen LogP contribution is 2.45. The average molecular weight is 428 g/mol. The van der Waals surface area contributed by atoms with E-state index in [0.29, 0.717) is 0 Å². The lowest BCUT2D eigenvalue weighted by Crippen LogP contribution is -2.62. The summed E-state index contributed by atoms with van der Waals surface area (Å²) in [5.41, 5.74) is -8.29. The molecule has 0 bridgehead atoms. The van der Waals surface area contributed by atoms with Crippen LogP contribution >= 0.6 is 0 Å². The summed E-state index contributed by atoms with van der Waals surface area (Å²) in [5.74, 6) is -5.38. The molecule has 0 fully saturated rings. The molecule has 2 heterocycles. The Balaban J connectivity index is 2.27. The molecule has 1 aromatic carbocycles. The summed E-state index contributed by atoms with van der Waals surface area (Å²) in [6.45, 7) is 3.21. The van der Waals surface area contributed by atoms with Crippen LogP contribution in [-0.4, -0.2) is 27.5 Å². The van der Waals surface area contributed by atoms with Crippen molar-refractivity contribution in [2.45, 2.75) is 32.1 Å². The van der Waals surface area contributed by atoms with Gasteiger partial charge in [0.05, 0.1) is 5.56 Å². The Morgan fingerprint density at radius 1 is 1.20 bits per heavy atom. The van der Waals surface area contributed by atoms with Gasteiger partial charge in [-0.1, -0.05) is 26.0 Å². The number of benzene rings is 1. The smallest absolute Gasteiger partial charge is 0.326 e. The normalized spacial score (nSPS) is 18.3. The summed E-state index contributed by atoms with van der Waals surface area (Å²) in [4.78, 5) is 51.3. The highest BCUT2D eigenvalue weighted by molar-refractivity contribution is 6.09. The molecule has 0 unspecified atom stereocenters. The molecule has 1 aliphatic heterocycles. The Labute approximate surface area is 165 Å². The molecule has 2 amide bonds. The Hall–Kier alpha value is -3.44. The van der Waals surface area contributed by atoms with Crippen LogP contribution in [-0.2, 0) is 16.9 Å². The van der Waals surface area contributed by atoms with Gasteiger partial charge in [-0.25, -0.2) is 9.18 Å². The molecule has 8 nitrogen and oxygen atoms in total. The molecule has 1 aliphatic rings. The number of aromatic amines is 1. The number of rotatable bonds is 4. The number of fused-ring (bicyclic) bond motifs is 1. The van der Waals surface area contributed by atoms with E-state index in [1.54, 1.807) is 18.8 Å². The molecule has 1 atom stereocenters. The predicted molar refractivity (Wildman–Crippen MR) is 96.4 cm³/mol. The zero-order chi connectivity index (χ0) is 22.4. The number of nitrogens with one attached hydrogen (secondary N) is 3. The largest absolute Gasteiger partial charge is 0.425 e. The molecule has 0 radical (unpaired) electrons. The summed E-state index contributed by atoms with van der Waals surface area (Å²) >= 11 is 0.